The van der Waals surface area contributed by atoms with Gasteiger partial charge >= 0.3 is 0 Å². The Bertz CT molecular complexity index is 180. The molecule has 0 aromatic rings. The summed E-state index contributed by atoms with van der Waals surface area (Å²) in [7, 11) is 2.22. The Hall–Kier alpha value is -0.0800. The molecule has 1 atom stereocenters. The summed E-state index contributed by atoms with van der Waals surface area (Å²) in [6.07, 6.45) is 14.8. The lowest BCUT2D eigenvalue weighted by atomic mass is 10.1. The zero-order valence-electron chi connectivity index (χ0n) is 12.6. The van der Waals surface area contributed by atoms with Gasteiger partial charge in [0.05, 0.1) is 12.7 Å². The van der Waals surface area contributed by atoms with Gasteiger partial charge in [0, 0.05) is 6.54 Å². The third-order valence-electron chi connectivity index (χ3n) is 3.81. The highest BCUT2D eigenvalue weighted by molar-refractivity contribution is 4.72. The van der Waals surface area contributed by atoms with Crippen molar-refractivity contribution >= 4 is 0 Å². The molecule has 1 rings (SSSR count). The highest BCUT2D eigenvalue weighted by atomic mass is 16.6. The Morgan fingerprint density at radius 2 is 1.39 bits per heavy atom. The van der Waals surface area contributed by atoms with Crippen LogP contribution in [-0.4, -0.2) is 37.7 Å². The monoisotopic (exact) mass is 255 g/mol. The van der Waals surface area contributed by atoms with Crippen LogP contribution in [0, 0.1) is 0 Å². The van der Waals surface area contributed by atoms with E-state index in [4.69, 9.17) is 4.74 Å². The first-order valence-electron chi connectivity index (χ1n) is 8.13. The molecule has 1 aliphatic heterocycles. The lowest BCUT2D eigenvalue weighted by molar-refractivity contribution is 0.278. The minimum absolute atomic E-state index is 0.554. The summed E-state index contributed by atoms with van der Waals surface area (Å²) in [5.41, 5.74) is 0. The van der Waals surface area contributed by atoms with E-state index in [1.165, 1.54) is 70.8 Å². The maximum Gasteiger partial charge on any atom is 0.0936 e. The van der Waals surface area contributed by atoms with E-state index in [2.05, 4.69) is 18.9 Å². The maximum atomic E-state index is 5.24. The standard InChI is InChI=1S/C16H33NO/c1-3-4-5-6-7-8-9-10-11-12-13-17(2)14-16-15-18-16/h16H,3-15H2,1-2H3. The van der Waals surface area contributed by atoms with Gasteiger partial charge in [0.1, 0.15) is 0 Å². The fourth-order valence-corrected chi connectivity index (χ4v) is 2.48. The van der Waals surface area contributed by atoms with Crippen molar-refractivity contribution in [3.05, 3.63) is 0 Å². The summed E-state index contributed by atoms with van der Waals surface area (Å²) >= 11 is 0. The Morgan fingerprint density at radius 1 is 0.889 bits per heavy atom. The molecule has 0 saturated carbocycles. The zero-order valence-corrected chi connectivity index (χ0v) is 12.6. The van der Waals surface area contributed by atoms with Crippen molar-refractivity contribution in [2.45, 2.75) is 77.2 Å². The first-order valence-corrected chi connectivity index (χ1v) is 8.13. The molecule has 1 saturated heterocycles. The van der Waals surface area contributed by atoms with Crippen molar-refractivity contribution in [1.29, 1.82) is 0 Å². The number of likely N-dealkylation sites (N-methyl/N-ethyl adjacent to an activating group) is 1. The summed E-state index contributed by atoms with van der Waals surface area (Å²) in [4.78, 5) is 2.42. The summed E-state index contributed by atoms with van der Waals surface area (Å²) in [5.74, 6) is 0. The van der Waals surface area contributed by atoms with Gasteiger partial charge in [0.15, 0.2) is 0 Å². The predicted molar refractivity (Wildman–Crippen MR) is 79.1 cm³/mol. The molecule has 1 unspecified atom stereocenters. The van der Waals surface area contributed by atoms with Gasteiger partial charge in [-0.3, -0.25) is 0 Å². The van der Waals surface area contributed by atoms with E-state index in [1.54, 1.807) is 0 Å². The molecular formula is C16H33NO. The largest absolute Gasteiger partial charge is 0.372 e. The van der Waals surface area contributed by atoms with Crippen molar-refractivity contribution in [2.75, 3.05) is 26.7 Å². The molecule has 1 heterocycles. The van der Waals surface area contributed by atoms with Crippen molar-refractivity contribution < 1.29 is 4.74 Å². The molecule has 0 spiro atoms. The third kappa shape index (κ3) is 9.90. The molecule has 0 amide bonds. The highest BCUT2D eigenvalue weighted by Gasteiger charge is 2.23. The molecule has 1 fully saturated rings. The molecule has 108 valence electrons. The summed E-state index contributed by atoms with van der Waals surface area (Å²) in [6, 6.07) is 0. The van der Waals surface area contributed by atoms with Crippen molar-refractivity contribution in [1.82, 2.24) is 4.90 Å². The number of nitrogens with zero attached hydrogens (tertiary/aromatic N) is 1. The second-order valence-electron chi connectivity index (χ2n) is 5.90. The third-order valence-corrected chi connectivity index (χ3v) is 3.81. The van der Waals surface area contributed by atoms with Crippen LogP contribution in [0.25, 0.3) is 0 Å². The molecule has 0 aromatic carbocycles. The minimum Gasteiger partial charge on any atom is -0.372 e. The average Bonchev–Trinajstić information content (AvgIpc) is 3.15. The van der Waals surface area contributed by atoms with Gasteiger partial charge in [-0.25, -0.2) is 0 Å². The lowest BCUT2D eigenvalue weighted by Crippen LogP contribution is -2.24. The summed E-state index contributed by atoms with van der Waals surface area (Å²) < 4.78 is 5.24. The molecule has 2 nitrogen and oxygen atoms in total. The van der Waals surface area contributed by atoms with Crippen molar-refractivity contribution in [2.24, 2.45) is 0 Å². The van der Waals surface area contributed by atoms with E-state index in [1.807, 2.05) is 0 Å². The molecule has 0 aliphatic carbocycles. The quantitative estimate of drug-likeness (QED) is 0.361. The van der Waals surface area contributed by atoms with Gasteiger partial charge < -0.3 is 9.64 Å². The van der Waals surface area contributed by atoms with E-state index in [0.717, 1.165) is 13.2 Å². The number of hydrogen-bond acceptors (Lipinski definition) is 2. The molecule has 0 radical (unpaired) electrons. The van der Waals surface area contributed by atoms with E-state index >= 15 is 0 Å². The van der Waals surface area contributed by atoms with Gasteiger partial charge in [0.2, 0.25) is 0 Å². The molecule has 18 heavy (non-hydrogen) atoms. The van der Waals surface area contributed by atoms with Crippen LogP contribution in [-0.2, 0) is 4.74 Å². The number of ether oxygens (including phenoxy) is 1. The highest BCUT2D eigenvalue weighted by Crippen LogP contribution is 2.12. The number of rotatable bonds is 13. The first-order chi connectivity index (χ1) is 8.83. The molecule has 0 N–H and O–H groups in total. The van der Waals surface area contributed by atoms with Crippen LogP contribution in [0.15, 0.2) is 0 Å². The number of epoxide rings is 1. The van der Waals surface area contributed by atoms with Gasteiger partial charge in [-0.2, -0.15) is 0 Å². The van der Waals surface area contributed by atoms with E-state index in [0.29, 0.717) is 6.10 Å². The lowest BCUT2D eigenvalue weighted by Gasteiger charge is -2.14. The Morgan fingerprint density at radius 3 is 1.89 bits per heavy atom. The Kier molecular flexibility index (Phi) is 9.59. The normalized spacial score (nSPS) is 18.5. The topological polar surface area (TPSA) is 15.8 Å². The molecular weight excluding hydrogens is 222 g/mol. The van der Waals surface area contributed by atoms with Crippen LogP contribution < -0.4 is 0 Å². The molecule has 1 aliphatic rings. The summed E-state index contributed by atoms with van der Waals surface area (Å²) in [6.45, 7) is 5.66. The van der Waals surface area contributed by atoms with Crippen LogP contribution in [0.3, 0.4) is 0 Å². The maximum absolute atomic E-state index is 5.24. The fourth-order valence-electron chi connectivity index (χ4n) is 2.48. The van der Waals surface area contributed by atoms with Crippen LogP contribution in [0.2, 0.25) is 0 Å². The smallest absolute Gasteiger partial charge is 0.0936 e. The van der Waals surface area contributed by atoms with Crippen LogP contribution in [0.5, 0.6) is 0 Å². The second kappa shape index (κ2) is 10.8. The van der Waals surface area contributed by atoms with Gasteiger partial charge in [-0.15, -0.1) is 0 Å². The van der Waals surface area contributed by atoms with E-state index < -0.39 is 0 Å². The van der Waals surface area contributed by atoms with Gasteiger partial charge in [0.25, 0.3) is 0 Å². The summed E-state index contributed by atoms with van der Waals surface area (Å²) in [5, 5.41) is 0. The van der Waals surface area contributed by atoms with E-state index in [-0.39, 0.29) is 0 Å². The van der Waals surface area contributed by atoms with Crippen molar-refractivity contribution in [3.8, 4) is 0 Å². The van der Waals surface area contributed by atoms with Crippen LogP contribution >= 0.6 is 0 Å². The number of unbranched alkanes of at least 4 members (excludes halogenated alkanes) is 9. The molecule has 0 bridgehead atoms. The first kappa shape index (κ1) is 16.0. The van der Waals surface area contributed by atoms with Crippen molar-refractivity contribution in [3.63, 3.8) is 0 Å². The van der Waals surface area contributed by atoms with Crippen LogP contribution in [0.1, 0.15) is 71.1 Å². The van der Waals surface area contributed by atoms with E-state index in [9.17, 15) is 0 Å². The zero-order chi connectivity index (χ0) is 13.1. The fraction of sp³-hybridized carbons (Fsp3) is 1.00. The minimum atomic E-state index is 0.554. The molecule has 2 heteroatoms. The Balaban J connectivity index is 1.70. The number of hydrogen-bond donors (Lipinski definition) is 0. The van der Waals surface area contributed by atoms with Gasteiger partial charge in [-0.05, 0) is 20.0 Å². The SMILES string of the molecule is CCCCCCCCCCCCN(C)CC1CO1. The Labute approximate surface area is 114 Å². The average molecular weight is 255 g/mol. The van der Waals surface area contributed by atoms with Crippen LogP contribution in [0.4, 0.5) is 0 Å². The second-order valence-corrected chi connectivity index (χ2v) is 5.90. The predicted octanol–water partition coefficient (Wildman–Crippen LogP) is 4.24. The van der Waals surface area contributed by atoms with Gasteiger partial charge in [-0.1, -0.05) is 64.7 Å². The molecule has 0 aromatic heterocycles.